The number of aryl methyl sites for hydroxylation is 1. The molecule has 3 aromatic rings. The average Bonchev–Trinajstić information content (AvgIpc) is 2.82. The third-order valence-corrected chi connectivity index (χ3v) is 2.87. The Morgan fingerprint density at radius 3 is 2.68 bits per heavy atom. The second-order valence-electron chi connectivity index (χ2n) is 4.36. The molecule has 0 bridgehead atoms. The lowest BCUT2D eigenvalue weighted by atomic mass is 10.1. The summed E-state index contributed by atoms with van der Waals surface area (Å²) in [7, 11) is 0. The molecular weight excluding hydrogens is 238 g/mol. The summed E-state index contributed by atoms with van der Waals surface area (Å²) in [5.74, 6) is 0.675. The van der Waals surface area contributed by atoms with Gasteiger partial charge in [-0.1, -0.05) is 29.8 Å². The van der Waals surface area contributed by atoms with Crippen LogP contribution in [0.2, 0.25) is 0 Å². The van der Waals surface area contributed by atoms with Crippen LogP contribution in [-0.2, 0) is 0 Å². The van der Waals surface area contributed by atoms with Gasteiger partial charge in [0.2, 0.25) is 5.88 Å². The first-order valence-corrected chi connectivity index (χ1v) is 6.01. The minimum Gasteiger partial charge on any atom is -0.493 e. The zero-order valence-corrected chi connectivity index (χ0v) is 10.5. The SMILES string of the molecule is Cc1cccc(-c2cc(O)n(-c3ccccn3)n2)c1. The van der Waals surface area contributed by atoms with E-state index < -0.39 is 0 Å². The van der Waals surface area contributed by atoms with Crippen molar-refractivity contribution in [2.24, 2.45) is 0 Å². The highest BCUT2D eigenvalue weighted by molar-refractivity contribution is 5.61. The van der Waals surface area contributed by atoms with Crippen molar-refractivity contribution in [3.8, 4) is 23.0 Å². The van der Waals surface area contributed by atoms with Crippen LogP contribution >= 0.6 is 0 Å². The molecular formula is C15H13N3O. The monoisotopic (exact) mass is 251 g/mol. The van der Waals surface area contributed by atoms with Crippen molar-refractivity contribution in [1.82, 2.24) is 14.8 Å². The van der Waals surface area contributed by atoms with Crippen molar-refractivity contribution in [3.05, 3.63) is 60.3 Å². The van der Waals surface area contributed by atoms with Gasteiger partial charge < -0.3 is 5.11 Å². The van der Waals surface area contributed by atoms with E-state index in [0.717, 1.165) is 16.8 Å². The lowest BCUT2D eigenvalue weighted by molar-refractivity contribution is 0.432. The van der Waals surface area contributed by atoms with Crippen LogP contribution in [0.15, 0.2) is 54.7 Å². The predicted octanol–water partition coefficient (Wildman–Crippen LogP) is 2.95. The van der Waals surface area contributed by atoms with Gasteiger partial charge in [-0.05, 0) is 25.1 Å². The summed E-state index contributed by atoms with van der Waals surface area (Å²) >= 11 is 0. The summed E-state index contributed by atoms with van der Waals surface area (Å²) in [6, 6.07) is 15.1. The summed E-state index contributed by atoms with van der Waals surface area (Å²) in [6.45, 7) is 2.03. The molecule has 0 fully saturated rings. The molecule has 0 unspecified atom stereocenters. The Labute approximate surface area is 111 Å². The normalized spacial score (nSPS) is 10.6. The highest BCUT2D eigenvalue weighted by atomic mass is 16.3. The Bertz CT molecular complexity index is 704. The molecule has 2 aromatic heterocycles. The first kappa shape index (κ1) is 11.5. The number of benzene rings is 1. The maximum atomic E-state index is 9.98. The molecule has 4 heteroatoms. The third-order valence-electron chi connectivity index (χ3n) is 2.87. The minimum absolute atomic E-state index is 0.0789. The molecule has 0 saturated carbocycles. The first-order chi connectivity index (χ1) is 9.24. The van der Waals surface area contributed by atoms with Gasteiger partial charge in [-0.2, -0.15) is 9.78 Å². The van der Waals surface area contributed by atoms with Gasteiger partial charge in [-0.15, -0.1) is 0 Å². The molecule has 0 aliphatic carbocycles. The van der Waals surface area contributed by atoms with Gasteiger partial charge in [0.05, 0.1) is 5.69 Å². The number of nitrogens with zero attached hydrogens (tertiary/aromatic N) is 3. The van der Waals surface area contributed by atoms with E-state index in [1.807, 2.05) is 43.3 Å². The summed E-state index contributed by atoms with van der Waals surface area (Å²) in [5, 5.41) is 14.4. The lowest BCUT2D eigenvalue weighted by Gasteiger charge is -2.00. The standard InChI is InChI=1S/C15H13N3O/c1-11-5-4-6-12(9-11)13-10-15(19)18(17-13)14-7-2-3-8-16-14/h2-10,19H,1H3. The van der Waals surface area contributed by atoms with E-state index in [1.54, 1.807) is 18.3 Å². The lowest BCUT2D eigenvalue weighted by Crippen LogP contribution is -1.98. The van der Waals surface area contributed by atoms with Crippen LogP contribution in [-0.4, -0.2) is 19.9 Å². The Morgan fingerprint density at radius 2 is 1.95 bits per heavy atom. The molecule has 0 radical (unpaired) electrons. The molecule has 0 spiro atoms. The van der Waals surface area contributed by atoms with Gasteiger partial charge in [0.1, 0.15) is 0 Å². The van der Waals surface area contributed by atoms with Gasteiger partial charge in [-0.25, -0.2) is 4.98 Å². The minimum atomic E-state index is 0.0789. The first-order valence-electron chi connectivity index (χ1n) is 6.01. The maximum Gasteiger partial charge on any atom is 0.216 e. The number of aromatic nitrogens is 3. The van der Waals surface area contributed by atoms with Gasteiger partial charge in [0.25, 0.3) is 0 Å². The van der Waals surface area contributed by atoms with Gasteiger partial charge in [-0.3, -0.25) is 0 Å². The van der Waals surface area contributed by atoms with E-state index in [4.69, 9.17) is 0 Å². The summed E-state index contributed by atoms with van der Waals surface area (Å²) in [6.07, 6.45) is 1.67. The van der Waals surface area contributed by atoms with Crippen molar-refractivity contribution in [2.75, 3.05) is 0 Å². The molecule has 3 rings (SSSR count). The molecule has 0 atom stereocenters. The van der Waals surface area contributed by atoms with Gasteiger partial charge in [0.15, 0.2) is 5.82 Å². The fraction of sp³-hybridized carbons (Fsp3) is 0.0667. The molecule has 0 amide bonds. The van der Waals surface area contributed by atoms with Crippen LogP contribution < -0.4 is 0 Å². The number of rotatable bonds is 2. The molecule has 19 heavy (non-hydrogen) atoms. The summed E-state index contributed by atoms with van der Waals surface area (Å²) in [4.78, 5) is 4.17. The number of aromatic hydroxyl groups is 1. The Kier molecular flexibility index (Phi) is 2.76. The number of hydrogen-bond acceptors (Lipinski definition) is 3. The second-order valence-corrected chi connectivity index (χ2v) is 4.36. The molecule has 0 aliphatic heterocycles. The van der Waals surface area contributed by atoms with E-state index in [-0.39, 0.29) is 5.88 Å². The third kappa shape index (κ3) is 2.20. The highest BCUT2D eigenvalue weighted by Crippen LogP contribution is 2.25. The zero-order chi connectivity index (χ0) is 13.2. The Morgan fingerprint density at radius 1 is 1.05 bits per heavy atom. The van der Waals surface area contributed by atoms with Crippen molar-refractivity contribution in [2.45, 2.75) is 6.92 Å². The number of hydrogen-bond donors (Lipinski definition) is 1. The van der Waals surface area contributed by atoms with Crippen molar-refractivity contribution < 1.29 is 5.11 Å². The van der Waals surface area contributed by atoms with E-state index in [1.165, 1.54) is 4.68 Å². The van der Waals surface area contributed by atoms with E-state index in [2.05, 4.69) is 10.1 Å². The predicted molar refractivity (Wildman–Crippen MR) is 73.2 cm³/mol. The van der Waals surface area contributed by atoms with Crippen LogP contribution in [0.5, 0.6) is 5.88 Å². The molecule has 1 N–H and O–H groups in total. The molecule has 0 saturated heterocycles. The summed E-state index contributed by atoms with van der Waals surface area (Å²) < 4.78 is 1.43. The van der Waals surface area contributed by atoms with Crippen LogP contribution in [0.4, 0.5) is 0 Å². The fourth-order valence-electron chi connectivity index (χ4n) is 1.96. The molecule has 2 heterocycles. The zero-order valence-electron chi connectivity index (χ0n) is 10.5. The van der Waals surface area contributed by atoms with E-state index >= 15 is 0 Å². The smallest absolute Gasteiger partial charge is 0.216 e. The van der Waals surface area contributed by atoms with Crippen molar-refractivity contribution >= 4 is 0 Å². The molecule has 0 aliphatic rings. The summed E-state index contributed by atoms with van der Waals surface area (Å²) in [5.41, 5.74) is 2.86. The maximum absolute atomic E-state index is 9.98. The topological polar surface area (TPSA) is 50.9 Å². The molecule has 4 nitrogen and oxygen atoms in total. The van der Waals surface area contributed by atoms with E-state index in [0.29, 0.717) is 5.82 Å². The largest absolute Gasteiger partial charge is 0.493 e. The van der Waals surface area contributed by atoms with Crippen LogP contribution in [0.25, 0.3) is 17.1 Å². The average molecular weight is 251 g/mol. The van der Waals surface area contributed by atoms with Gasteiger partial charge >= 0.3 is 0 Å². The van der Waals surface area contributed by atoms with Crippen LogP contribution in [0, 0.1) is 6.92 Å². The van der Waals surface area contributed by atoms with Crippen molar-refractivity contribution in [3.63, 3.8) is 0 Å². The quantitative estimate of drug-likeness (QED) is 0.761. The second kappa shape index (κ2) is 4.57. The molecule has 1 aromatic carbocycles. The van der Waals surface area contributed by atoms with E-state index in [9.17, 15) is 5.11 Å². The Hall–Kier alpha value is -2.62. The highest BCUT2D eigenvalue weighted by Gasteiger charge is 2.10. The van der Waals surface area contributed by atoms with Gasteiger partial charge in [0, 0.05) is 17.8 Å². The van der Waals surface area contributed by atoms with Crippen LogP contribution in [0.1, 0.15) is 5.56 Å². The Balaban J connectivity index is 2.07. The fourth-order valence-corrected chi connectivity index (χ4v) is 1.96. The van der Waals surface area contributed by atoms with Crippen LogP contribution in [0.3, 0.4) is 0 Å². The van der Waals surface area contributed by atoms with Crippen molar-refractivity contribution in [1.29, 1.82) is 0 Å². The molecule has 94 valence electrons. The number of pyridine rings is 1.